The van der Waals surface area contributed by atoms with Crippen LogP contribution < -0.4 is 5.32 Å². The van der Waals surface area contributed by atoms with Crippen LogP contribution >= 0.6 is 0 Å². The van der Waals surface area contributed by atoms with Crippen molar-refractivity contribution >= 4 is 11.6 Å². The zero-order chi connectivity index (χ0) is 14.0. The summed E-state index contributed by atoms with van der Waals surface area (Å²) in [7, 11) is 0. The first-order chi connectivity index (χ1) is 8.88. The fraction of sp³-hybridized carbons (Fsp3) is 0.308. The minimum atomic E-state index is -4.31. The van der Waals surface area contributed by atoms with Crippen molar-refractivity contribution in [1.29, 1.82) is 0 Å². The first-order valence-corrected chi connectivity index (χ1v) is 5.85. The Kier molecular flexibility index (Phi) is 3.50. The number of imidazole rings is 1. The number of alkyl halides is 3. The molecule has 1 aromatic carbocycles. The van der Waals surface area contributed by atoms with Crippen molar-refractivity contribution in [2.45, 2.75) is 26.1 Å². The normalized spacial score (nSPS) is 11.9. The summed E-state index contributed by atoms with van der Waals surface area (Å²) < 4.78 is 39.2. The van der Waals surface area contributed by atoms with E-state index >= 15 is 0 Å². The molecule has 0 amide bonds. The first-order valence-electron chi connectivity index (χ1n) is 5.85. The summed E-state index contributed by atoms with van der Waals surface area (Å²) in [6.45, 7) is 4.00. The van der Waals surface area contributed by atoms with Gasteiger partial charge in [0.25, 0.3) is 0 Å². The van der Waals surface area contributed by atoms with E-state index in [2.05, 4.69) is 10.3 Å². The van der Waals surface area contributed by atoms with E-state index in [9.17, 15) is 13.2 Å². The molecule has 0 aliphatic carbocycles. The van der Waals surface area contributed by atoms with E-state index in [1.54, 1.807) is 6.20 Å². The summed E-state index contributed by atoms with van der Waals surface area (Å²) in [5, 5.41) is 3.00. The molecule has 0 bridgehead atoms. The standard InChI is InChI=1S/C13H14F3N3/c1-9(2)19-8-7-17-12(19)18-11-5-3-10(4-6-11)13(14,15)16/h3-9H,1-2H3,(H,17,18). The number of nitrogens with zero attached hydrogens (tertiary/aromatic N) is 2. The Morgan fingerprint density at radius 2 is 1.79 bits per heavy atom. The van der Waals surface area contributed by atoms with Crippen molar-refractivity contribution < 1.29 is 13.2 Å². The van der Waals surface area contributed by atoms with Gasteiger partial charge in [-0.2, -0.15) is 13.2 Å². The van der Waals surface area contributed by atoms with Gasteiger partial charge in [0.2, 0.25) is 5.95 Å². The van der Waals surface area contributed by atoms with E-state index in [0.717, 1.165) is 12.1 Å². The highest BCUT2D eigenvalue weighted by molar-refractivity contribution is 5.54. The quantitative estimate of drug-likeness (QED) is 0.903. The number of rotatable bonds is 3. The van der Waals surface area contributed by atoms with Gasteiger partial charge in [0.1, 0.15) is 0 Å². The van der Waals surface area contributed by atoms with E-state index in [0.29, 0.717) is 11.6 Å². The van der Waals surface area contributed by atoms with E-state index < -0.39 is 11.7 Å². The third-order valence-electron chi connectivity index (χ3n) is 2.69. The number of benzene rings is 1. The second kappa shape index (κ2) is 4.95. The zero-order valence-electron chi connectivity index (χ0n) is 10.6. The SMILES string of the molecule is CC(C)n1ccnc1Nc1ccc(C(F)(F)F)cc1. The molecule has 0 fully saturated rings. The van der Waals surface area contributed by atoms with Crippen molar-refractivity contribution in [3.8, 4) is 0 Å². The highest BCUT2D eigenvalue weighted by Crippen LogP contribution is 2.30. The lowest BCUT2D eigenvalue weighted by Gasteiger charge is -2.13. The molecule has 2 aromatic rings. The Morgan fingerprint density at radius 1 is 1.16 bits per heavy atom. The minimum absolute atomic E-state index is 0.222. The number of hydrogen-bond acceptors (Lipinski definition) is 2. The monoisotopic (exact) mass is 269 g/mol. The molecule has 1 aromatic heterocycles. The number of aromatic nitrogens is 2. The van der Waals surface area contributed by atoms with E-state index in [1.165, 1.54) is 12.1 Å². The topological polar surface area (TPSA) is 29.9 Å². The van der Waals surface area contributed by atoms with Gasteiger partial charge in [-0.05, 0) is 38.1 Å². The highest BCUT2D eigenvalue weighted by atomic mass is 19.4. The number of hydrogen-bond donors (Lipinski definition) is 1. The molecule has 0 radical (unpaired) electrons. The number of anilines is 2. The molecule has 0 aliphatic rings. The molecule has 2 rings (SSSR count). The summed E-state index contributed by atoms with van der Waals surface area (Å²) in [5.74, 6) is 0.606. The van der Waals surface area contributed by atoms with Gasteiger partial charge in [-0.15, -0.1) is 0 Å². The summed E-state index contributed by atoms with van der Waals surface area (Å²) in [6.07, 6.45) is -0.849. The Bertz CT molecular complexity index is 541. The van der Waals surface area contributed by atoms with Crippen molar-refractivity contribution in [2.24, 2.45) is 0 Å². The van der Waals surface area contributed by atoms with Gasteiger partial charge >= 0.3 is 6.18 Å². The molecule has 19 heavy (non-hydrogen) atoms. The molecule has 0 aliphatic heterocycles. The molecule has 0 unspecified atom stereocenters. The Balaban J connectivity index is 2.18. The Hall–Kier alpha value is -1.98. The first kappa shape index (κ1) is 13.5. The third-order valence-corrected chi connectivity index (χ3v) is 2.69. The molecular weight excluding hydrogens is 255 g/mol. The lowest BCUT2D eigenvalue weighted by atomic mass is 10.2. The average Bonchev–Trinajstić information content (AvgIpc) is 2.77. The molecule has 1 N–H and O–H groups in total. The second-order valence-corrected chi connectivity index (χ2v) is 4.45. The van der Waals surface area contributed by atoms with E-state index in [1.807, 2.05) is 24.6 Å². The van der Waals surface area contributed by atoms with Crippen molar-refractivity contribution in [3.05, 3.63) is 42.2 Å². The third kappa shape index (κ3) is 3.07. The van der Waals surface area contributed by atoms with E-state index in [4.69, 9.17) is 0 Å². The van der Waals surface area contributed by atoms with Gasteiger partial charge in [0.05, 0.1) is 5.56 Å². The summed E-state index contributed by atoms with van der Waals surface area (Å²) in [6, 6.07) is 5.10. The van der Waals surface area contributed by atoms with Crippen LogP contribution in [0.15, 0.2) is 36.7 Å². The smallest absolute Gasteiger partial charge is 0.326 e. The summed E-state index contributed by atoms with van der Waals surface area (Å²) in [4.78, 5) is 4.13. The van der Waals surface area contributed by atoms with Crippen LogP contribution in [0.2, 0.25) is 0 Å². The molecular formula is C13H14F3N3. The molecule has 0 spiro atoms. The van der Waals surface area contributed by atoms with Crippen LogP contribution in [0.4, 0.5) is 24.8 Å². The predicted octanol–water partition coefficient (Wildman–Crippen LogP) is 4.23. The Morgan fingerprint density at radius 3 is 2.32 bits per heavy atom. The van der Waals surface area contributed by atoms with Crippen LogP contribution in [-0.2, 0) is 6.18 Å². The lowest BCUT2D eigenvalue weighted by Crippen LogP contribution is -2.06. The van der Waals surface area contributed by atoms with Gasteiger partial charge in [-0.3, -0.25) is 0 Å². The van der Waals surface area contributed by atoms with Gasteiger partial charge in [-0.1, -0.05) is 0 Å². The zero-order valence-corrected chi connectivity index (χ0v) is 10.6. The maximum Gasteiger partial charge on any atom is 0.416 e. The summed E-state index contributed by atoms with van der Waals surface area (Å²) >= 11 is 0. The van der Waals surface area contributed by atoms with Crippen LogP contribution in [0.1, 0.15) is 25.5 Å². The molecule has 1 heterocycles. The van der Waals surface area contributed by atoms with Crippen LogP contribution in [0.25, 0.3) is 0 Å². The molecule has 0 saturated carbocycles. The van der Waals surface area contributed by atoms with Gasteiger partial charge < -0.3 is 9.88 Å². The lowest BCUT2D eigenvalue weighted by molar-refractivity contribution is -0.137. The second-order valence-electron chi connectivity index (χ2n) is 4.45. The fourth-order valence-corrected chi connectivity index (χ4v) is 1.70. The van der Waals surface area contributed by atoms with Crippen LogP contribution in [0.3, 0.4) is 0 Å². The maximum absolute atomic E-state index is 12.4. The van der Waals surface area contributed by atoms with Crippen LogP contribution in [0, 0.1) is 0 Å². The van der Waals surface area contributed by atoms with E-state index in [-0.39, 0.29) is 6.04 Å². The van der Waals surface area contributed by atoms with Crippen molar-refractivity contribution in [3.63, 3.8) is 0 Å². The molecule has 6 heteroatoms. The predicted molar refractivity (Wildman–Crippen MR) is 67.3 cm³/mol. The molecule has 102 valence electrons. The maximum atomic E-state index is 12.4. The van der Waals surface area contributed by atoms with Crippen molar-refractivity contribution in [1.82, 2.24) is 9.55 Å². The van der Waals surface area contributed by atoms with Gasteiger partial charge in [-0.25, -0.2) is 4.98 Å². The number of halogens is 3. The Labute approximate surface area is 109 Å². The summed E-state index contributed by atoms with van der Waals surface area (Å²) in [5.41, 5.74) is -0.0913. The number of nitrogens with one attached hydrogen (secondary N) is 1. The van der Waals surface area contributed by atoms with Crippen LogP contribution in [0.5, 0.6) is 0 Å². The average molecular weight is 269 g/mol. The fourth-order valence-electron chi connectivity index (χ4n) is 1.70. The minimum Gasteiger partial charge on any atom is -0.326 e. The molecule has 3 nitrogen and oxygen atoms in total. The molecule has 0 atom stereocenters. The van der Waals surface area contributed by atoms with Gasteiger partial charge in [0, 0.05) is 24.1 Å². The largest absolute Gasteiger partial charge is 0.416 e. The highest BCUT2D eigenvalue weighted by Gasteiger charge is 2.29. The van der Waals surface area contributed by atoms with Gasteiger partial charge in [0.15, 0.2) is 0 Å². The van der Waals surface area contributed by atoms with Crippen LogP contribution in [-0.4, -0.2) is 9.55 Å². The molecule has 0 saturated heterocycles. The van der Waals surface area contributed by atoms with Crippen molar-refractivity contribution in [2.75, 3.05) is 5.32 Å².